The summed E-state index contributed by atoms with van der Waals surface area (Å²) in [6, 6.07) is 17.6. The highest BCUT2D eigenvalue weighted by molar-refractivity contribution is 5.77. The summed E-state index contributed by atoms with van der Waals surface area (Å²) in [4.78, 5) is 24.6. The molecule has 1 saturated heterocycles. The van der Waals surface area contributed by atoms with Crippen LogP contribution in [0.15, 0.2) is 67.0 Å². The van der Waals surface area contributed by atoms with E-state index in [0.29, 0.717) is 34.8 Å². The highest BCUT2D eigenvalue weighted by Crippen LogP contribution is 2.25. The second kappa shape index (κ2) is 10.1. The SMILES string of the molecule is COc1cc([N+]2(C)CCN(C(=O)Cn3nc(-c4ccc(F)cc4)nc3-c3ccccc3)CC2)nc[n+]1C. The number of halogens is 1. The third kappa shape index (κ3) is 5.05. The molecule has 1 aliphatic rings. The van der Waals surface area contributed by atoms with Crippen molar-refractivity contribution >= 4 is 11.7 Å². The molecule has 3 heterocycles. The number of likely N-dealkylation sites (N-methyl/N-ethyl adjacent to an activating group) is 1. The van der Waals surface area contributed by atoms with Gasteiger partial charge in [-0.2, -0.15) is 0 Å². The molecule has 0 spiro atoms. The summed E-state index contributed by atoms with van der Waals surface area (Å²) in [5.41, 5.74) is 1.55. The molecule has 37 heavy (non-hydrogen) atoms. The lowest BCUT2D eigenvalue weighted by molar-refractivity contribution is -0.679. The molecule has 2 aromatic heterocycles. The van der Waals surface area contributed by atoms with E-state index in [-0.39, 0.29) is 18.3 Å². The predicted octanol–water partition coefficient (Wildman–Crippen LogP) is 2.46. The smallest absolute Gasteiger partial charge is 0.342 e. The van der Waals surface area contributed by atoms with E-state index in [9.17, 15) is 9.18 Å². The lowest BCUT2D eigenvalue weighted by Gasteiger charge is -2.38. The van der Waals surface area contributed by atoms with Crippen molar-refractivity contribution in [2.24, 2.45) is 7.05 Å². The Morgan fingerprint density at radius 2 is 1.78 bits per heavy atom. The Morgan fingerprint density at radius 3 is 2.46 bits per heavy atom. The van der Waals surface area contributed by atoms with Crippen LogP contribution in [-0.2, 0) is 18.4 Å². The molecule has 0 radical (unpaired) electrons. The lowest BCUT2D eigenvalue weighted by atomic mass is 10.2. The largest absolute Gasteiger partial charge is 0.465 e. The minimum Gasteiger partial charge on any atom is -0.465 e. The lowest BCUT2D eigenvalue weighted by Crippen LogP contribution is -2.60. The van der Waals surface area contributed by atoms with Gasteiger partial charge in [-0.25, -0.2) is 18.6 Å². The highest BCUT2D eigenvalue weighted by Gasteiger charge is 2.37. The first kappa shape index (κ1) is 24.5. The van der Waals surface area contributed by atoms with Crippen molar-refractivity contribution in [3.8, 4) is 28.7 Å². The van der Waals surface area contributed by atoms with Gasteiger partial charge in [0.15, 0.2) is 11.6 Å². The molecule has 0 saturated carbocycles. The number of carbonyl (C=O) groups excluding carboxylic acids is 1. The molecular weight excluding hydrogens is 473 g/mol. The highest BCUT2D eigenvalue weighted by atomic mass is 19.1. The van der Waals surface area contributed by atoms with Crippen molar-refractivity contribution in [1.82, 2.24) is 29.1 Å². The minimum absolute atomic E-state index is 0.0241. The molecule has 0 aliphatic carbocycles. The van der Waals surface area contributed by atoms with Gasteiger partial charge < -0.3 is 9.64 Å². The number of methoxy groups -OCH3 is 1. The summed E-state index contributed by atoms with van der Waals surface area (Å²) in [5, 5.41) is 4.63. The van der Waals surface area contributed by atoms with Crippen LogP contribution in [0, 0.1) is 5.82 Å². The van der Waals surface area contributed by atoms with Gasteiger partial charge in [-0.3, -0.25) is 9.28 Å². The zero-order valence-electron chi connectivity index (χ0n) is 21.2. The van der Waals surface area contributed by atoms with E-state index in [2.05, 4.69) is 17.1 Å². The van der Waals surface area contributed by atoms with Gasteiger partial charge in [-0.1, -0.05) is 30.3 Å². The van der Waals surface area contributed by atoms with E-state index in [1.807, 2.05) is 52.9 Å². The average molecular weight is 504 g/mol. The van der Waals surface area contributed by atoms with E-state index >= 15 is 0 Å². The molecule has 190 valence electrons. The Bertz CT molecular complexity index is 1400. The van der Waals surface area contributed by atoms with E-state index in [0.717, 1.165) is 30.4 Å². The molecular formula is C27H30FN7O2+2. The number of piperazine rings is 1. The average Bonchev–Trinajstić information content (AvgIpc) is 3.33. The van der Waals surface area contributed by atoms with Crippen LogP contribution in [0.3, 0.4) is 0 Å². The maximum Gasteiger partial charge on any atom is 0.342 e. The van der Waals surface area contributed by atoms with Crippen molar-refractivity contribution in [3.63, 3.8) is 0 Å². The number of ether oxygens (including phenoxy) is 1. The summed E-state index contributed by atoms with van der Waals surface area (Å²) < 4.78 is 23.0. The number of hydrogen-bond donors (Lipinski definition) is 0. The first-order valence-corrected chi connectivity index (χ1v) is 12.1. The Balaban J connectivity index is 1.34. The molecule has 2 aromatic carbocycles. The van der Waals surface area contributed by atoms with Crippen LogP contribution >= 0.6 is 0 Å². The van der Waals surface area contributed by atoms with Gasteiger partial charge in [0.2, 0.25) is 5.91 Å². The zero-order valence-corrected chi connectivity index (χ0v) is 21.2. The van der Waals surface area contributed by atoms with Gasteiger partial charge in [0.25, 0.3) is 12.2 Å². The third-order valence-electron chi connectivity index (χ3n) is 6.90. The molecule has 4 aromatic rings. The molecule has 0 N–H and O–H groups in total. The number of nitrogens with zero attached hydrogens (tertiary/aromatic N) is 7. The number of amides is 1. The minimum atomic E-state index is -0.324. The Hall–Kier alpha value is -4.18. The number of benzene rings is 2. The Kier molecular flexibility index (Phi) is 6.66. The van der Waals surface area contributed by atoms with Crippen LogP contribution in [-0.4, -0.2) is 70.9 Å². The predicted molar refractivity (Wildman–Crippen MR) is 137 cm³/mol. The monoisotopic (exact) mass is 503 g/mol. The van der Waals surface area contributed by atoms with Crippen LogP contribution in [0.5, 0.6) is 5.88 Å². The first-order chi connectivity index (χ1) is 17.9. The van der Waals surface area contributed by atoms with Crippen molar-refractivity contribution < 1.29 is 18.5 Å². The molecule has 9 nitrogen and oxygen atoms in total. The van der Waals surface area contributed by atoms with Crippen molar-refractivity contribution in [2.45, 2.75) is 6.54 Å². The van der Waals surface area contributed by atoms with Gasteiger partial charge in [0.05, 0.1) is 34.3 Å². The van der Waals surface area contributed by atoms with Crippen molar-refractivity contribution in [1.29, 1.82) is 0 Å². The molecule has 0 unspecified atom stereocenters. The van der Waals surface area contributed by atoms with Crippen LogP contribution in [0.1, 0.15) is 0 Å². The fourth-order valence-corrected chi connectivity index (χ4v) is 4.54. The van der Waals surface area contributed by atoms with Gasteiger partial charge >= 0.3 is 5.82 Å². The normalized spacial score (nSPS) is 15.0. The molecule has 1 aliphatic heterocycles. The Morgan fingerprint density at radius 1 is 1.08 bits per heavy atom. The van der Waals surface area contributed by atoms with E-state index in [1.54, 1.807) is 30.3 Å². The number of rotatable bonds is 6. The quantitative estimate of drug-likeness (QED) is 0.299. The topological polar surface area (TPSA) is 77.0 Å². The standard InChI is InChI=1S/C27H30FN7O2/c1-32-19-29-23(17-25(32)37-3)35(2)15-13-33(14-16-35)24(36)18-34-27(21-7-5-4-6-8-21)30-26(31-34)20-9-11-22(28)12-10-20/h4-12,17,19H,13-16,18H2,1-3H3/q+2. The van der Waals surface area contributed by atoms with Crippen LogP contribution in [0.2, 0.25) is 0 Å². The first-order valence-electron chi connectivity index (χ1n) is 12.1. The fraction of sp³-hybridized carbons (Fsp3) is 0.296. The van der Waals surface area contributed by atoms with E-state index < -0.39 is 0 Å². The van der Waals surface area contributed by atoms with Gasteiger partial charge in [0.1, 0.15) is 31.5 Å². The second-order valence-corrected chi connectivity index (χ2v) is 9.41. The molecule has 0 atom stereocenters. The number of aromatic nitrogens is 5. The summed E-state index contributed by atoms with van der Waals surface area (Å²) >= 11 is 0. The van der Waals surface area contributed by atoms with E-state index in [4.69, 9.17) is 9.72 Å². The van der Waals surface area contributed by atoms with Gasteiger partial charge in [-0.15, -0.1) is 5.10 Å². The summed E-state index contributed by atoms with van der Waals surface area (Å²) in [7, 11) is 5.66. The Labute approximate surface area is 215 Å². The fourth-order valence-electron chi connectivity index (χ4n) is 4.54. The number of quaternary nitrogens is 1. The summed E-state index contributed by atoms with van der Waals surface area (Å²) in [5.74, 6) is 2.35. The summed E-state index contributed by atoms with van der Waals surface area (Å²) in [6.45, 7) is 2.73. The second-order valence-electron chi connectivity index (χ2n) is 9.41. The van der Waals surface area contributed by atoms with Gasteiger partial charge in [-0.05, 0) is 24.3 Å². The number of carbonyl (C=O) groups is 1. The molecule has 5 rings (SSSR count). The van der Waals surface area contributed by atoms with Gasteiger partial charge in [0, 0.05) is 16.1 Å². The van der Waals surface area contributed by atoms with E-state index in [1.165, 1.54) is 12.1 Å². The maximum atomic E-state index is 13.4. The zero-order chi connectivity index (χ0) is 26.0. The molecule has 1 amide bonds. The van der Waals surface area contributed by atoms with Crippen LogP contribution < -0.4 is 13.8 Å². The maximum absolute atomic E-state index is 13.4. The molecule has 1 fully saturated rings. The molecule has 0 bridgehead atoms. The number of aryl methyl sites for hydroxylation is 1. The third-order valence-corrected chi connectivity index (χ3v) is 6.90. The van der Waals surface area contributed by atoms with Crippen LogP contribution in [0.25, 0.3) is 22.8 Å². The van der Waals surface area contributed by atoms with Crippen molar-refractivity contribution in [3.05, 3.63) is 72.8 Å². The molecule has 10 heteroatoms. The van der Waals surface area contributed by atoms with Crippen LogP contribution in [0.4, 0.5) is 10.2 Å². The van der Waals surface area contributed by atoms with Crippen molar-refractivity contribution in [2.75, 3.05) is 40.3 Å². The summed E-state index contributed by atoms with van der Waals surface area (Å²) in [6.07, 6.45) is 1.75. The number of hydrogen-bond acceptors (Lipinski definition) is 5.